The molecule has 0 bridgehead atoms. The zero-order valence-electron chi connectivity index (χ0n) is 29.0. The number of hydrogen-bond acceptors (Lipinski definition) is 8. The van der Waals surface area contributed by atoms with Gasteiger partial charge in [-0.2, -0.15) is 5.10 Å². The fourth-order valence-electron chi connectivity index (χ4n) is 7.06. The number of aromatic amines is 1. The van der Waals surface area contributed by atoms with E-state index in [0.29, 0.717) is 18.6 Å². The van der Waals surface area contributed by atoms with Crippen molar-refractivity contribution in [2.75, 3.05) is 32.1 Å². The highest BCUT2D eigenvalue weighted by molar-refractivity contribution is 6.02. The van der Waals surface area contributed by atoms with Crippen molar-refractivity contribution in [3.8, 4) is 5.75 Å². The maximum absolute atomic E-state index is 13.5. The number of pyridine rings is 1. The third-order valence-corrected chi connectivity index (χ3v) is 9.84. The molecule has 0 radical (unpaired) electrons. The number of likely N-dealkylation sites (N-methyl/N-ethyl adjacent to an activating group) is 1. The summed E-state index contributed by atoms with van der Waals surface area (Å²) in [6, 6.07) is 4.66. The number of anilines is 1. The average Bonchev–Trinajstić information content (AvgIpc) is 3.77. The molecule has 3 aromatic heterocycles. The van der Waals surface area contributed by atoms with Gasteiger partial charge < -0.3 is 19.9 Å². The number of H-pyrrole nitrogens is 1. The van der Waals surface area contributed by atoms with Crippen molar-refractivity contribution >= 4 is 29.0 Å². The van der Waals surface area contributed by atoms with Gasteiger partial charge in [-0.15, -0.1) is 14.8 Å². The van der Waals surface area contributed by atoms with Crippen molar-refractivity contribution < 1.29 is 9.53 Å². The van der Waals surface area contributed by atoms with Gasteiger partial charge in [0, 0.05) is 29.6 Å². The number of piperidine rings is 1. The third kappa shape index (κ3) is 7.01. The van der Waals surface area contributed by atoms with Crippen molar-refractivity contribution in [2.24, 2.45) is 10.5 Å². The largest absolute Gasteiger partial charge is 0.489 e. The third-order valence-electron chi connectivity index (χ3n) is 9.84. The van der Waals surface area contributed by atoms with Crippen LogP contribution in [0.2, 0.25) is 0 Å². The fraction of sp³-hybridized carbons (Fsp3) is 0.618. The minimum Gasteiger partial charge on any atom is -0.489 e. The Kier molecular flexibility index (Phi) is 9.30. The van der Waals surface area contributed by atoms with Crippen LogP contribution in [0, 0.1) is 5.41 Å². The molecule has 3 aromatic rings. The number of quaternary nitrogens is 1. The first-order valence-electron chi connectivity index (χ1n) is 17.2. The SMILES string of the molecule is C[C@@H]1CCC[C@H](C)N1c1nnc2ccc(OC3CCC(NC(=O)NC4=CC(C(C)(C)C)=N[N+]4(CCN(C)C)c4cn[nH]c4)CC3)cn12. The topological polar surface area (TPSA) is 128 Å². The van der Waals surface area contributed by atoms with Crippen LogP contribution in [-0.2, 0) is 0 Å². The second-order valence-electron chi connectivity index (χ2n) is 14.8. The molecule has 6 rings (SSSR count). The number of carbonyl (C=O) groups excluding carboxylic acids is 1. The smallest absolute Gasteiger partial charge is 0.323 e. The summed E-state index contributed by atoms with van der Waals surface area (Å²) in [7, 11) is 4.09. The van der Waals surface area contributed by atoms with Gasteiger partial charge in [-0.25, -0.2) is 4.79 Å². The lowest BCUT2D eigenvalue weighted by molar-refractivity contribution is 0.139. The van der Waals surface area contributed by atoms with Gasteiger partial charge in [0.25, 0.3) is 0 Å². The molecule has 5 heterocycles. The molecule has 1 saturated heterocycles. The van der Waals surface area contributed by atoms with Gasteiger partial charge >= 0.3 is 6.03 Å². The van der Waals surface area contributed by atoms with E-state index < -0.39 is 0 Å². The van der Waals surface area contributed by atoms with Crippen LogP contribution in [0.5, 0.6) is 5.75 Å². The number of fused-ring (bicyclic) bond motifs is 1. The Morgan fingerprint density at radius 3 is 2.49 bits per heavy atom. The molecule has 1 saturated carbocycles. The maximum Gasteiger partial charge on any atom is 0.323 e. The predicted molar refractivity (Wildman–Crippen MR) is 185 cm³/mol. The van der Waals surface area contributed by atoms with E-state index in [1.165, 1.54) is 6.42 Å². The molecular formula is C34H52N11O2+. The molecule has 2 fully saturated rings. The van der Waals surface area contributed by atoms with E-state index in [9.17, 15) is 4.79 Å². The van der Waals surface area contributed by atoms with E-state index in [1.807, 2.05) is 44.7 Å². The molecule has 1 unspecified atom stereocenters. The van der Waals surface area contributed by atoms with Crippen molar-refractivity contribution in [3.05, 3.63) is 42.6 Å². The van der Waals surface area contributed by atoms with Crippen molar-refractivity contribution in [1.82, 2.24) is 44.9 Å². The number of nitrogens with one attached hydrogen (secondary N) is 3. The van der Waals surface area contributed by atoms with Crippen LogP contribution >= 0.6 is 0 Å². The molecule has 3 N–H and O–H groups in total. The summed E-state index contributed by atoms with van der Waals surface area (Å²) in [5.41, 5.74) is 2.45. The first kappa shape index (κ1) is 33.0. The highest BCUT2D eigenvalue weighted by atomic mass is 16.5. The van der Waals surface area contributed by atoms with Gasteiger partial charge in [0.1, 0.15) is 24.2 Å². The van der Waals surface area contributed by atoms with Crippen LogP contribution in [0.1, 0.15) is 79.6 Å². The normalized spacial score (nSPS) is 26.8. The molecule has 47 heavy (non-hydrogen) atoms. The summed E-state index contributed by atoms with van der Waals surface area (Å²) in [6.07, 6.45) is 14.7. The molecule has 3 aliphatic rings. The van der Waals surface area contributed by atoms with Gasteiger partial charge in [-0.3, -0.25) is 14.8 Å². The first-order chi connectivity index (χ1) is 22.4. The lowest BCUT2D eigenvalue weighted by atomic mass is 9.90. The number of urea groups is 1. The van der Waals surface area contributed by atoms with Gasteiger partial charge in [0.2, 0.25) is 17.5 Å². The number of hydrogen-bond donors (Lipinski definition) is 3. The molecule has 13 nitrogen and oxygen atoms in total. The van der Waals surface area contributed by atoms with Crippen LogP contribution in [0.15, 0.2) is 47.7 Å². The molecule has 1 aliphatic carbocycles. The molecule has 2 aliphatic heterocycles. The van der Waals surface area contributed by atoms with E-state index >= 15 is 0 Å². The Hall–Kier alpha value is -3.97. The number of aromatic nitrogens is 5. The summed E-state index contributed by atoms with van der Waals surface area (Å²) >= 11 is 0. The molecule has 2 amide bonds. The number of rotatable bonds is 9. The Morgan fingerprint density at radius 1 is 1.09 bits per heavy atom. The van der Waals surface area contributed by atoms with Gasteiger partial charge in [0.15, 0.2) is 5.65 Å². The fourth-order valence-corrected chi connectivity index (χ4v) is 7.06. The lowest BCUT2D eigenvalue weighted by Crippen LogP contribution is -2.53. The quantitative estimate of drug-likeness (QED) is 0.278. The molecule has 13 heteroatoms. The maximum atomic E-state index is 13.5. The van der Waals surface area contributed by atoms with Crippen LogP contribution < -0.4 is 24.9 Å². The summed E-state index contributed by atoms with van der Waals surface area (Å²) in [4.78, 5) is 18.0. The Balaban J connectivity index is 1.08. The Labute approximate surface area is 278 Å². The van der Waals surface area contributed by atoms with Crippen molar-refractivity contribution in [3.63, 3.8) is 0 Å². The lowest BCUT2D eigenvalue weighted by Gasteiger charge is -2.39. The van der Waals surface area contributed by atoms with E-state index in [1.54, 1.807) is 6.20 Å². The highest BCUT2D eigenvalue weighted by Crippen LogP contribution is 2.36. The Morgan fingerprint density at radius 2 is 1.83 bits per heavy atom. The van der Waals surface area contributed by atoms with E-state index in [4.69, 9.17) is 9.84 Å². The minimum atomic E-state index is -0.214. The molecule has 0 aromatic carbocycles. The zero-order chi connectivity index (χ0) is 33.3. The molecule has 254 valence electrons. The molecule has 0 spiro atoms. The highest BCUT2D eigenvalue weighted by Gasteiger charge is 2.45. The second kappa shape index (κ2) is 13.3. The zero-order valence-corrected chi connectivity index (χ0v) is 29.0. The van der Waals surface area contributed by atoms with Crippen LogP contribution in [0.3, 0.4) is 0 Å². The first-order valence-corrected chi connectivity index (χ1v) is 17.2. The van der Waals surface area contributed by atoms with Crippen molar-refractivity contribution in [1.29, 1.82) is 0 Å². The number of allylic oxidation sites excluding steroid dienone is 1. The summed E-state index contributed by atoms with van der Waals surface area (Å²) in [5, 5.41) is 27.8. The van der Waals surface area contributed by atoms with Gasteiger partial charge in [-0.05, 0) is 85.0 Å². The van der Waals surface area contributed by atoms with E-state index in [-0.39, 0.29) is 28.2 Å². The number of amides is 2. The second-order valence-corrected chi connectivity index (χ2v) is 14.8. The van der Waals surface area contributed by atoms with Crippen LogP contribution in [-0.4, -0.2) is 92.9 Å². The minimum absolute atomic E-state index is 0.0615. The van der Waals surface area contributed by atoms with Gasteiger partial charge in [-0.1, -0.05) is 25.9 Å². The summed E-state index contributed by atoms with van der Waals surface area (Å²) in [5.74, 6) is 2.43. The summed E-state index contributed by atoms with van der Waals surface area (Å²) in [6.45, 7) is 12.4. The molecular weight excluding hydrogens is 594 g/mol. The predicted octanol–water partition coefficient (Wildman–Crippen LogP) is 5.04. The van der Waals surface area contributed by atoms with E-state index in [2.05, 4.69) is 79.8 Å². The number of ether oxygens (including phenoxy) is 1. The number of nitrogens with zero attached hydrogens (tertiary/aromatic N) is 8. The average molecular weight is 647 g/mol. The molecule has 3 atom stereocenters. The van der Waals surface area contributed by atoms with Crippen LogP contribution in [0.4, 0.5) is 16.4 Å². The Bertz CT molecular complexity index is 1590. The number of carbonyl (C=O) groups is 1. The van der Waals surface area contributed by atoms with Crippen molar-refractivity contribution in [2.45, 2.75) is 104 Å². The van der Waals surface area contributed by atoms with Crippen LogP contribution in [0.25, 0.3) is 5.65 Å². The summed E-state index contributed by atoms with van der Waals surface area (Å²) < 4.78 is 8.71. The van der Waals surface area contributed by atoms with Gasteiger partial charge in [0.05, 0.1) is 25.0 Å². The monoisotopic (exact) mass is 646 g/mol. The standard InChI is InChI=1S/C34H51N11O2/c1-23-9-8-10-24(2)44(23)33-40-39-30-16-15-28(22-43(30)33)47-27-13-11-25(12-14-27)37-32(46)38-31-19-29(34(3,4)5)41-45(31,18-17-42(6)7)26-20-35-36-21-26/h15-16,19-25,27H,8-14,17-18H2,1-7H3,(H2-,35,36,37,38,41,46)/p+1/t23-,24+,25?,27?,45?. The van der Waals surface area contributed by atoms with E-state index in [0.717, 1.165) is 79.6 Å².